The minimum absolute atomic E-state index is 0.283. The quantitative estimate of drug-likeness (QED) is 0.692. The molecule has 1 N–H and O–H groups in total. The van der Waals surface area contributed by atoms with Gasteiger partial charge in [0.15, 0.2) is 0 Å². The fraction of sp³-hybridized carbons (Fsp3) is 0.562. The lowest BCUT2D eigenvalue weighted by molar-refractivity contribution is -0.137. The zero-order chi connectivity index (χ0) is 20.9. The molecule has 1 heterocycles. The minimum atomic E-state index is -4.75. The average Bonchev–Trinajstić information content (AvgIpc) is 2.59. The standard InChI is InChI=1S/C16H21ClF3N3O4S/c1-28(25,26)23(12-2-3-14(17)13(10-12)16(18,19)20)11-15(24)21-4-5-22-6-8-27-9-7-22/h2-3,10H,4-9,11H2,1H3,(H,21,24). The fourth-order valence-electron chi connectivity index (χ4n) is 2.65. The van der Waals surface area contributed by atoms with Gasteiger partial charge in [-0.2, -0.15) is 13.2 Å². The summed E-state index contributed by atoms with van der Waals surface area (Å²) in [5.74, 6) is -0.623. The maximum absolute atomic E-state index is 13.0. The van der Waals surface area contributed by atoms with Crippen molar-refractivity contribution in [1.29, 1.82) is 0 Å². The predicted molar refractivity (Wildman–Crippen MR) is 98.9 cm³/mol. The second-order valence-electron chi connectivity index (χ2n) is 6.24. The van der Waals surface area contributed by atoms with Crippen LogP contribution in [0.4, 0.5) is 18.9 Å². The lowest BCUT2D eigenvalue weighted by Gasteiger charge is -2.27. The SMILES string of the molecule is CS(=O)(=O)N(CC(=O)NCCN1CCOCC1)c1ccc(Cl)c(C(F)(F)F)c1. The van der Waals surface area contributed by atoms with Crippen LogP contribution in [0.15, 0.2) is 18.2 Å². The van der Waals surface area contributed by atoms with Crippen molar-refractivity contribution in [2.45, 2.75) is 6.18 Å². The van der Waals surface area contributed by atoms with Crippen molar-refractivity contribution in [1.82, 2.24) is 10.2 Å². The van der Waals surface area contributed by atoms with Gasteiger partial charge in [0.05, 0.1) is 35.7 Å². The molecular formula is C16H21ClF3N3O4S. The number of hydrogen-bond acceptors (Lipinski definition) is 5. The molecule has 0 aliphatic carbocycles. The molecule has 0 bridgehead atoms. The number of halogens is 4. The summed E-state index contributed by atoms with van der Waals surface area (Å²) in [4.78, 5) is 14.2. The number of nitrogens with one attached hydrogen (secondary N) is 1. The Morgan fingerprint density at radius 3 is 2.54 bits per heavy atom. The summed E-state index contributed by atoms with van der Waals surface area (Å²) < 4.78 is 69.1. The monoisotopic (exact) mass is 443 g/mol. The van der Waals surface area contributed by atoms with E-state index in [-0.39, 0.29) is 12.2 Å². The number of amides is 1. The Kier molecular flexibility index (Phi) is 7.54. The van der Waals surface area contributed by atoms with Gasteiger partial charge in [-0.3, -0.25) is 14.0 Å². The van der Waals surface area contributed by atoms with E-state index in [1.54, 1.807) is 0 Å². The summed E-state index contributed by atoms with van der Waals surface area (Å²) in [6.07, 6.45) is -3.94. The van der Waals surface area contributed by atoms with Gasteiger partial charge in [-0.1, -0.05) is 11.6 Å². The molecular weight excluding hydrogens is 423 g/mol. The molecule has 158 valence electrons. The molecule has 7 nitrogen and oxygen atoms in total. The summed E-state index contributed by atoms with van der Waals surface area (Å²) in [6.45, 7) is 2.88. The lowest BCUT2D eigenvalue weighted by Crippen LogP contribution is -2.44. The molecule has 1 aliphatic heterocycles. The number of carbonyl (C=O) groups is 1. The Balaban J connectivity index is 2.07. The first-order chi connectivity index (χ1) is 13.0. The molecule has 1 fully saturated rings. The van der Waals surface area contributed by atoms with Crippen molar-refractivity contribution in [3.8, 4) is 0 Å². The highest BCUT2D eigenvalue weighted by atomic mass is 35.5. The molecule has 28 heavy (non-hydrogen) atoms. The largest absolute Gasteiger partial charge is 0.417 e. The van der Waals surface area contributed by atoms with Crippen molar-refractivity contribution < 1.29 is 31.1 Å². The van der Waals surface area contributed by atoms with Gasteiger partial charge in [-0.25, -0.2) is 8.42 Å². The first-order valence-electron chi connectivity index (χ1n) is 8.40. The molecule has 2 rings (SSSR count). The molecule has 0 atom stereocenters. The number of hydrogen-bond donors (Lipinski definition) is 1. The van der Waals surface area contributed by atoms with Crippen LogP contribution in [0.5, 0.6) is 0 Å². The van der Waals surface area contributed by atoms with Crippen LogP contribution in [0.1, 0.15) is 5.56 Å². The number of benzene rings is 1. The third-order valence-electron chi connectivity index (χ3n) is 4.08. The van der Waals surface area contributed by atoms with Crippen LogP contribution in [0.2, 0.25) is 5.02 Å². The highest BCUT2D eigenvalue weighted by Crippen LogP contribution is 2.37. The van der Waals surface area contributed by atoms with Crippen LogP contribution >= 0.6 is 11.6 Å². The molecule has 0 aromatic heterocycles. The van der Waals surface area contributed by atoms with Gasteiger partial charge >= 0.3 is 6.18 Å². The van der Waals surface area contributed by atoms with E-state index in [2.05, 4.69) is 10.2 Å². The predicted octanol–water partition coefficient (Wildman–Crippen LogP) is 1.57. The van der Waals surface area contributed by atoms with Gasteiger partial charge in [0.2, 0.25) is 15.9 Å². The van der Waals surface area contributed by atoms with Gasteiger partial charge in [0.25, 0.3) is 0 Å². The number of ether oxygens (including phenoxy) is 1. The first-order valence-corrected chi connectivity index (χ1v) is 10.6. The highest BCUT2D eigenvalue weighted by molar-refractivity contribution is 7.92. The van der Waals surface area contributed by atoms with Crippen molar-refractivity contribution in [3.63, 3.8) is 0 Å². The molecule has 0 unspecified atom stereocenters. The number of carbonyl (C=O) groups excluding carboxylic acids is 1. The molecule has 12 heteroatoms. The number of sulfonamides is 1. The Hall–Kier alpha value is -1.56. The van der Waals surface area contributed by atoms with E-state index in [4.69, 9.17) is 16.3 Å². The number of alkyl halides is 3. The first kappa shape index (κ1) is 22.7. The summed E-state index contributed by atoms with van der Waals surface area (Å²) in [6, 6.07) is 2.69. The minimum Gasteiger partial charge on any atom is -0.379 e. The van der Waals surface area contributed by atoms with Crippen LogP contribution < -0.4 is 9.62 Å². The van der Waals surface area contributed by atoms with Crippen molar-refractivity contribution in [3.05, 3.63) is 28.8 Å². The van der Waals surface area contributed by atoms with Gasteiger partial charge in [0.1, 0.15) is 6.54 Å². The van der Waals surface area contributed by atoms with E-state index in [1.165, 1.54) is 0 Å². The summed E-state index contributed by atoms with van der Waals surface area (Å²) in [5.41, 5.74) is -1.46. The van der Waals surface area contributed by atoms with E-state index in [0.29, 0.717) is 30.1 Å². The number of morpholine rings is 1. The molecule has 1 saturated heterocycles. The second kappa shape index (κ2) is 9.29. The van der Waals surface area contributed by atoms with E-state index >= 15 is 0 Å². The fourth-order valence-corrected chi connectivity index (χ4v) is 3.72. The number of nitrogens with zero attached hydrogens (tertiary/aromatic N) is 2. The maximum Gasteiger partial charge on any atom is 0.417 e. The topological polar surface area (TPSA) is 79.0 Å². The Morgan fingerprint density at radius 2 is 1.96 bits per heavy atom. The van der Waals surface area contributed by atoms with E-state index < -0.39 is 39.2 Å². The van der Waals surface area contributed by atoms with E-state index in [9.17, 15) is 26.4 Å². The van der Waals surface area contributed by atoms with Crippen molar-refractivity contribution in [2.75, 3.05) is 56.5 Å². The number of rotatable bonds is 7. The molecule has 1 aromatic carbocycles. The molecule has 0 spiro atoms. The van der Waals surface area contributed by atoms with Crippen LogP contribution in [0, 0.1) is 0 Å². The van der Waals surface area contributed by atoms with Gasteiger partial charge in [-0.05, 0) is 18.2 Å². The Labute approximate surface area is 166 Å². The lowest BCUT2D eigenvalue weighted by atomic mass is 10.2. The maximum atomic E-state index is 13.0. The summed E-state index contributed by atoms with van der Waals surface area (Å²) >= 11 is 5.57. The molecule has 0 saturated carbocycles. The second-order valence-corrected chi connectivity index (χ2v) is 8.55. The smallest absolute Gasteiger partial charge is 0.379 e. The van der Waals surface area contributed by atoms with Crippen LogP contribution in [0.3, 0.4) is 0 Å². The van der Waals surface area contributed by atoms with E-state index in [1.807, 2.05) is 0 Å². The van der Waals surface area contributed by atoms with Crippen molar-refractivity contribution in [2.24, 2.45) is 0 Å². The summed E-state index contributed by atoms with van der Waals surface area (Å²) in [5, 5.41) is 2.03. The zero-order valence-electron chi connectivity index (χ0n) is 15.1. The Bertz CT molecular complexity index is 799. The average molecular weight is 444 g/mol. The summed E-state index contributed by atoms with van der Waals surface area (Å²) in [7, 11) is -4.00. The third kappa shape index (κ3) is 6.50. The van der Waals surface area contributed by atoms with Crippen molar-refractivity contribution >= 4 is 33.2 Å². The normalized spacial score (nSPS) is 16.0. The Morgan fingerprint density at radius 1 is 1.32 bits per heavy atom. The third-order valence-corrected chi connectivity index (χ3v) is 5.55. The molecule has 0 radical (unpaired) electrons. The van der Waals surface area contributed by atoms with E-state index in [0.717, 1.165) is 31.5 Å². The molecule has 1 amide bonds. The van der Waals surface area contributed by atoms with Gasteiger partial charge in [-0.15, -0.1) is 0 Å². The highest BCUT2D eigenvalue weighted by Gasteiger charge is 2.34. The molecule has 1 aliphatic rings. The van der Waals surface area contributed by atoms with Crippen LogP contribution in [-0.4, -0.2) is 71.4 Å². The van der Waals surface area contributed by atoms with Gasteiger partial charge < -0.3 is 10.1 Å². The van der Waals surface area contributed by atoms with Crippen LogP contribution in [-0.2, 0) is 25.7 Å². The molecule has 1 aromatic rings. The zero-order valence-corrected chi connectivity index (χ0v) is 16.7. The number of anilines is 1. The van der Waals surface area contributed by atoms with Crippen LogP contribution in [0.25, 0.3) is 0 Å². The van der Waals surface area contributed by atoms with Gasteiger partial charge in [0, 0.05) is 26.2 Å².